The average molecular weight is 425 g/mol. The summed E-state index contributed by atoms with van der Waals surface area (Å²) in [6.45, 7) is 7.80. The van der Waals surface area contributed by atoms with Crippen LogP contribution in [0.4, 0.5) is 4.39 Å². The molecule has 1 saturated heterocycles. The van der Waals surface area contributed by atoms with Crippen molar-refractivity contribution in [2.45, 2.75) is 39.8 Å². The minimum atomic E-state index is -0.271. The van der Waals surface area contributed by atoms with E-state index in [1.807, 2.05) is 29.2 Å². The Kier molecular flexibility index (Phi) is 8.24. The summed E-state index contributed by atoms with van der Waals surface area (Å²) in [5.41, 5.74) is 3.15. The van der Waals surface area contributed by atoms with Crippen molar-refractivity contribution in [1.82, 2.24) is 9.80 Å². The third kappa shape index (κ3) is 7.51. The van der Waals surface area contributed by atoms with E-state index in [0.29, 0.717) is 25.6 Å². The molecule has 1 amide bonds. The van der Waals surface area contributed by atoms with Gasteiger partial charge in [0.25, 0.3) is 0 Å². The second kappa shape index (κ2) is 11.1. The van der Waals surface area contributed by atoms with Gasteiger partial charge in [0.05, 0.1) is 6.61 Å². The first-order valence-electron chi connectivity index (χ1n) is 11.0. The van der Waals surface area contributed by atoms with Crippen LogP contribution >= 0.6 is 0 Å². The molecule has 0 spiro atoms. The lowest BCUT2D eigenvalue weighted by molar-refractivity contribution is -0.127. The normalized spacial score (nSPS) is 14.5. The number of hydrogen-bond donors (Lipinski definition) is 0. The van der Waals surface area contributed by atoms with Gasteiger partial charge in [-0.25, -0.2) is 4.39 Å². The van der Waals surface area contributed by atoms with Gasteiger partial charge in [0, 0.05) is 32.3 Å². The zero-order valence-corrected chi connectivity index (χ0v) is 18.8. The van der Waals surface area contributed by atoms with Crippen LogP contribution in [0.1, 0.15) is 37.8 Å². The maximum absolute atomic E-state index is 13.3. The summed E-state index contributed by atoms with van der Waals surface area (Å²) in [4.78, 5) is 17.3. The summed E-state index contributed by atoms with van der Waals surface area (Å²) in [5, 5.41) is 0. The summed E-state index contributed by atoms with van der Waals surface area (Å²) >= 11 is 0. The molecule has 0 radical (unpaired) electrons. The van der Waals surface area contributed by atoms with Crippen LogP contribution in [0.5, 0.6) is 5.75 Å². The van der Waals surface area contributed by atoms with Gasteiger partial charge < -0.3 is 14.5 Å². The number of benzene rings is 2. The van der Waals surface area contributed by atoms with Gasteiger partial charge in [-0.3, -0.25) is 4.79 Å². The van der Waals surface area contributed by atoms with E-state index < -0.39 is 0 Å². The van der Waals surface area contributed by atoms with Crippen molar-refractivity contribution in [3.05, 3.63) is 77.1 Å². The van der Waals surface area contributed by atoms with Crippen molar-refractivity contribution in [3.8, 4) is 5.75 Å². The van der Waals surface area contributed by atoms with Crippen molar-refractivity contribution in [1.29, 1.82) is 0 Å². The van der Waals surface area contributed by atoms with Gasteiger partial charge >= 0.3 is 0 Å². The highest BCUT2D eigenvalue weighted by molar-refractivity contribution is 5.88. The molecule has 2 aromatic rings. The molecule has 2 aromatic carbocycles. The number of ether oxygens (including phenoxy) is 1. The Labute approximate surface area is 185 Å². The second-order valence-corrected chi connectivity index (χ2v) is 8.78. The van der Waals surface area contributed by atoms with Crippen molar-refractivity contribution < 1.29 is 13.9 Å². The fourth-order valence-electron chi connectivity index (χ4n) is 3.51. The lowest BCUT2D eigenvalue weighted by atomic mass is 10.0. The number of amides is 1. The van der Waals surface area contributed by atoms with Crippen LogP contribution in [0, 0.1) is 11.7 Å². The van der Waals surface area contributed by atoms with Gasteiger partial charge in [-0.1, -0.05) is 43.7 Å². The summed E-state index contributed by atoms with van der Waals surface area (Å²) in [7, 11) is 2.11. The van der Waals surface area contributed by atoms with E-state index in [1.54, 1.807) is 18.2 Å². The smallest absolute Gasteiger partial charge is 0.247 e. The topological polar surface area (TPSA) is 32.8 Å². The molecule has 0 N–H and O–H groups in total. The van der Waals surface area contributed by atoms with Gasteiger partial charge in [0.2, 0.25) is 5.91 Å². The SMILES string of the molecule is CC(C)COc1ccc(CN(Cc2ccc(F)cc2)C(=O)C=C2CCN(C)CC2)cc1. The third-order valence-corrected chi connectivity index (χ3v) is 5.44. The summed E-state index contributed by atoms with van der Waals surface area (Å²) < 4.78 is 19.1. The van der Waals surface area contributed by atoms with E-state index in [4.69, 9.17) is 4.74 Å². The molecule has 5 heteroatoms. The van der Waals surface area contributed by atoms with Crippen LogP contribution < -0.4 is 4.74 Å². The molecule has 1 fully saturated rings. The summed E-state index contributed by atoms with van der Waals surface area (Å²) in [6.07, 6.45) is 3.65. The molecular weight excluding hydrogens is 391 g/mol. The van der Waals surface area contributed by atoms with Gasteiger partial charge in [-0.05, 0) is 61.2 Å². The van der Waals surface area contributed by atoms with E-state index in [9.17, 15) is 9.18 Å². The zero-order chi connectivity index (χ0) is 22.2. The van der Waals surface area contributed by atoms with Gasteiger partial charge in [-0.15, -0.1) is 0 Å². The maximum Gasteiger partial charge on any atom is 0.247 e. The predicted molar refractivity (Wildman–Crippen MR) is 122 cm³/mol. The van der Waals surface area contributed by atoms with E-state index in [1.165, 1.54) is 17.7 Å². The first-order valence-corrected chi connectivity index (χ1v) is 11.0. The largest absolute Gasteiger partial charge is 0.493 e. The number of likely N-dealkylation sites (tertiary alicyclic amines) is 1. The molecule has 4 nitrogen and oxygen atoms in total. The fraction of sp³-hybridized carbons (Fsp3) is 0.423. The lowest BCUT2D eigenvalue weighted by Crippen LogP contribution is -2.30. The fourth-order valence-corrected chi connectivity index (χ4v) is 3.51. The molecule has 0 aliphatic carbocycles. The maximum atomic E-state index is 13.3. The Morgan fingerprint density at radius 1 is 1.03 bits per heavy atom. The molecule has 31 heavy (non-hydrogen) atoms. The first-order chi connectivity index (χ1) is 14.9. The highest BCUT2D eigenvalue weighted by Crippen LogP contribution is 2.19. The van der Waals surface area contributed by atoms with Crippen molar-refractivity contribution in [3.63, 3.8) is 0 Å². The molecule has 1 heterocycles. The van der Waals surface area contributed by atoms with Gasteiger partial charge in [0.15, 0.2) is 0 Å². The number of halogens is 1. The molecule has 0 bridgehead atoms. The Morgan fingerprint density at radius 3 is 2.13 bits per heavy atom. The lowest BCUT2D eigenvalue weighted by Gasteiger charge is -2.26. The number of carbonyl (C=O) groups is 1. The van der Waals surface area contributed by atoms with Crippen LogP contribution in [0.2, 0.25) is 0 Å². The molecule has 0 unspecified atom stereocenters. The Bertz CT molecular complexity index is 865. The van der Waals surface area contributed by atoms with Crippen molar-refractivity contribution in [2.24, 2.45) is 5.92 Å². The third-order valence-electron chi connectivity index (χ3n) is 5.44. The Morgan fingerprint density at radius 2 is 1.58 bits per heavy atom. The summed E-state index contributed by atoms with van der Waals surface area (Å²) in [5.74, 6) is 1.04. The van der Waals surface area contributed by atoms with Gasteiger partial charge in [0.1, 0.15) is 11.6 Å². The number of carbonyl (C=O) groups excluding carboxylic acids is 1. The monoisotopic (exact) mass is 424 g/mol. The highest BCUT2D eigenvalue weighted by Gasteiger charge is 2.16. The molecule has 3 rings (SSSR count). The van der Waals surface area contributed by atoms with Crippen LogP contribution in [0.3, 0.4) is 0 Å². The van der Waals surface area contributed by atoms with E-state index in [-0.39, 0.29) is 11.7 Å². The molecule has 166 valence electrons. The van der Waals surface area contributed by atoms with Crippen LogP contribution in [-0.2, 0) is 17.9 Å². The number of rotatable bonds is 8. The van der Waals surface area contributed by atoms with E-state index in [2.05, 4.69) is 25.8 Å². The molecule has 1 aliphatic heterocycles. The molecular formula is C26H33FN2O2. The molecule has 1 aliphatic rings. The quantitative estimate of drug-likeness (QED) is 0.557. The predicted octanol–water partition coefficient (Wildman–Crippen LogP) is 5.04. The standard InChI is InChI=1S/C26H33FN2O2/c1-20(2)19-31-25-10-6-23(7-11-25)18-29(17-22-4-8-24(27)9-5-22)26(30)16-21-12-14-28(3)15-13-21/h4-11,16,20H,12-15,17-19H2,1-3H3. The molecule has 0 aromatic heterocycles. The Hall–Kier alpha value is -2.66. The number of piperidine rings is 1. The van der Waals surface area contributed by atoms with Crippen LogP contribution in [-0.4, -0.2) is 42.5 Å². The van der Waals surface area contributed by atoms with E-state index >= 15 is 0 Å². The second-order valence-electron chi connectivity index (χ2n) is 8.78. The van der Waals surface area contributed by atoms with E-state index in [0.717, 1.165) is 42.8 Å². The van der Waals surface area contributed by atoms with Crippen molar-refractivity contribution >= 4 is 5.91 Å². The number of hydrogen-bond acceptors (Lipinski definition) is 3. The van der Waals surface area contributed by atoms with Crippen LogP contribution in [0.25, 0.3) is 0 Å². The molecule has 0 atom stereocenters. The van der Waals surface area contributed by atoms with Crippen LogP contribution in [0.15, 0.2) is 60.2 Å². The molecule has 0 saturated carbocycles. The zero-order valence-electron chi connectivity index (χ0n) is 18.8. The van der Waals surface area contributed by atoms with Gasteiger partial charge in [-0.2, -0.15) is 0 Å². The van der Waals surface area contributed by atoms with Crippen molar-refractivity contribution in [2.75, 3.05) is 26.7 Å². The highest BCUT2D eigenvalue weighted by atomic mass is 19.1. The minimum absolute atomic E-state index is 0.00372. The number of nitrogens with zero attached hydrogens (tertiary/aromatic N) is 2. The first kappa shape index (κ1) is 23.0. The Balaban J connectivity index is 1.72. The minimum Gasteiger partial charge on any atom is -0.493 e. The average Bonchev–Trinajstić information content (AvgIpc) is 2.76. The summed E-state index contributed by atoms with van der Waals surface area (Å²) in [6, 6.07) is 14.3.